The molecule has 116 valence electrons. The van der Waals surface area contributed by atoms with E-state index in [-0.39, 0.29) is 6.04 Å². The van der Waals surface area contributed by atoms with Gasteiger partial charge in [0.15, 0.2) is 0 Å². The molecule has 0 radical (unpaired) electrons. The Morgan fingerprint density at radius 1 is 1.25 bits per heavy atom. The highest BCUT2D eigenvalue weighted by atomic mass is 32.2. The zero-order valence-corrected chi connectivity index (χ0v) is 13.4. The minimum atomic E-state index is -3.31. The van der Waals surface area contributed by atoms with Crippen LogP contribution >= 0.6 is 0 Å². The van der Waals surface area contributed by atoms with Crippen LogP contribution in [0.25, 0.3) is 0 Å². The third-order valence-electron chi connectivity index (χ3n) is 5.19. The number of likely N-dealkylation sites (tertiary alicyclic amines) is 1. The topological polar surface area (TPSA) is 52.7 Å². The van der Waals surface area contributed by atoms with Crippen molar-refractivity contribution < 1.29 is 8.42 Å². The molecular weight excluding hydrogens is 274 g/mol. The molecule has 6 heteroatoms. The molecule has 0 amide bonds. The highest BCUT2D eigenvalue weighted by Gasteiger charge is 2.37. The molecule has 2 aliphatic carbocycles. The fraction of sp³-hybridized carbons (Fsp3) is 1.00. The standard InChI is InChI=1S/C14H27N3O2S/c1-11(13-3-4-13)16(2)20(18,19)15-9-12-7-8-17(10-12)14-5-6-14/h11-15H,3-10H2,1-2H3. The summed E-state index contributed by atoms with van der Waals surface area (Å²) in [5, 5.41) is 0. The van der Waals surface area contributed by atoms with Crippen LogP contribution in [-0.2, 0) is 10.2 Å². The quantitative estimate of drug-likeness (QED) is 0.764. The monoisotopic (exact) mass is 301 g/mol. The summed E-state index contributed by atoms with van der Waals surface area (Å²) in [5.41, 5.74) is 0. The van der Waals surface area contributed by atoms with Gasteiger partial charge in [-0.3, -0.25) is 0 Å². The molecule has 1 N–H and O–H groups in total. The van der Waals surface area contributed by atoms with Crippen LogP contribution in [0, 0.1) is 11.8 Å². The molecule has 3 rings (SSSR count). The molecule has 5 nitrogen and oxygen atoms in total. The van der Waals surface area contributed by atoms with Gasteiger partial charge in [0.25, 0.3) is 10.2 Å². The Labute approximate surface area is 122 Å². The van der Waals surface area contributed by atoms with Crippen molar-refractivity contribution >= 4 is 10.2 Å². The first-order chi connectivity index (χ1) is 9.47. The summed E-state index contributed by atoms with van der Waals surface area (Å²) >= 11 is 0. The van der Waals surface area contributed by atoms with E-state index in [1.165, 1.54) is 30.0 Å². The first-order valence-corrected chi connectivity index (χ1v) is 9.38. The fourth-order valence-corrected chi connectivity index (χ4v) is 4.48. The van der Waals surface area contributed by atoms with Crippen LogP contribution < -0.4 is 4.72 Å². The Balaban J connectivity index is 1.46. The molecule has 2 unspecified atom stereocenters. The average Bonchev–Trinajstić information content (AvgIpc) is 3.33. The number of nitrogens with one attached hydrogen (secondary N) is 1. The zero-order valence-electron chi connectivity index (χ0n) is 12.6. The van der Waals surface area contributed by atoms with E-state index in [2.05, 4.69) is 9.62 Å². The van der Waals surface area contributed by atoms with Gasteiger partial charge in [-0.2, -0.15) is 12.7 Å². The minimum absolute atomic E-state index is 0.124. The lowest BCUT2D eigenvalue weighted by Crippen LogP contribution is -2.45. The summed E-state index contributed by atoms with van der Waals surface area (Å²) in [5.74, 6) is 1.04. The first-order valence-electron chi connectivity index (χ1n) is 7.94. The molecule has 1 aliphatic heterocycles. The van der Waals surface area contributed by atoms with E-state index < -0.39 is 10.2 Å². The van der Waals surface area contributed by atoms with E-state index in [4.69, 9.17) is 0 Å². The number of rotatable bonds is 7. The van der Waals surface area contributed by atoms with Crippen molar-refractivity contribution in [1.82, 2.24) is 13.9 Å². The summed E-state index contributed by atoms with van der Waals surface area (Å²) in [4.78, 5) is 2.52. The van der Waals surface area contributed by atoms with Crippen LogP contribution in [0.2, 0.25) is 0 Å². The van der Waals surface area contributed by atoms with Gasteiger partial charge in [-0.05, 0) is 57.4 Å². The number of hydrogen-bond donors (Lipinski definition) is 1. The number of nitrogens with zero attached hydrogens (tertiary/aromatic N) is 2. The van der Waals surface area contributed by atoms with Crippen LogP contribution in [0.3, 0.4) is 0 Å². The van der Waals surface area contributed by atoms with Gasteiger partial charge in [-0.1, -0.05) is 0 Å². The van der Waals surface area contributed by atoms with E-state index in [0.717, 1.165) is 25.6 Å². The molecule has 2 saturated carbocycles. The molecule has 1 heterocycles. The van der Waals surface area contributed by atoms with Gasteiger partial charge >= 0.3 is 0 Å². The smallest absolute Gasteiger partial charge is 0.279 e. The second-order valence-electron chi connectivity index (χ2n) is 6.83. The Morgan fingerprint density at radius 2 is 1.95 bits per heavy atom. The molecule has 0 aromatic carbocycles. The molecule has 0 spiro atoms. The van der Waals surface area contributed by atoms with Gasteiger partial charge < -0.3 is 4.90 Å². The van der Waals surface area contributed by atoms with Crippen LogP contribution in [0.4, 0.5) is 0 Å². The molecule has 0 aromatic rings. The van der Waals surface area contributed by atoms with Gasteiger partial charge in [-0.25, -0.2) is 4.72 Å². The Morgan fingerprint density at radius 3 is 2.55 bits per heavy atom. The van der Waals surface area contributed by atoms with Crippen molar-refractivity contribution in [3.05, 3.63) is 0 Å². The molecule has 20 heavy (non-hydrogen) atoms. The molecule has 0 bridgehead atoms. The molecular formula is C14H27N3O2S. The lowest BCUT2D eigenvalue weighted by molar-refractivity contribution is 0.312. The van der Waals surface area contributed by atoms with Crippen molar-refractivity contribution in [2.75, 3.05) is 26.7 Å². The Kier molecular flexibility index (Phi) is 4.10. The zero-order chi connectivity index (χ0) is 14.3. The Bertz CT molecular complexity index is 445. The SMILES string of the molecule is CC(C1CC1)N(C)S(=O)(=O)NCC1CCN(C2CC2)C1. The maximum atomic E-state index is 12.3. The van der Waals surface area contributed by atoms with Crippen LogP contribution in [0.1, 0.15) is 39.0 Å². The predicted octanol–water partition coefficient (Wildman–Crippen LogP) is 1.04. The summed E-state index contributed by atoms with van der Waals surface area (Å²) in [6.45, 7) is 4.81. The molecule has 3 aliphatic rings. The van der Waals surface area contributed by atoms with Gasteiger partial charge in [0.05, 0.1) is 0 Å². The van der Waals surface area contributed by atoms with Gasteiger partial charge in [-0.15, -0.1) is 0 Å². The van der Waals surface area contributed by atoms with E-state index in [1.54, 1.807) is 7.05 Å². The summed E-state index contributed by atoms with van der Waals surface area (Å²) in [6.07, 6.45) is 6.13. The van der Waals surface area contributed by atoms with Crippen LogP contribution in [-0.4, -0.2) is 56.4 Å². The minimum Gasteiger partial charge on any atom is -0.300 e. The van der Waals surface area contributed by atoms with Crippen molar-refractivity contribution in [3.8, 4) is 0 Å². The molecule has 0 aromatic heterocycles. The lowest BCUT2D eigenvalue weighted by Gasteiger charge is -2.25. The molecule has 2 atom stereocenters. The van der Waals surface area contributed by atoms with Crippen molar-refractivity contribution in [2.24, 2.45) is 11.8 Å². The van der Waals surface area contributed by atoms with Crippen molar-refractivity contribution in [2.45, 2.75) is 51.1 Å². The van der Waals surface area contributed by atoms with Crippen molar-refractivity contribution in [1.29, 1.82) is 0 Å². The van der Waals surface area contributed by atoms with Crippen molar-refractivity contribution in [3.63, 3.8) is 0 Å². The average molecular weight is 301 g/mol. The lowest BCUT2D eigenvalue weighted by atomic mass is 10.1. The van der Waals surface area contributed by atoms with E-state index in [9.17, 15) is 8.42 Å². The molecule has 3 fully saturated rings. The highest BCUT2D eigenvalue weighted by molar-refractivity contribution is 7.87. The second kappa shape index (κ2) is 5.55. The number of hydrogen-bond acceptors (Lipinski definition) is 3. The summed E-state index contributed by atoms with van der Waals surface area (Å²) in [6, 6.07) is 0.924. The normalized spacial score (nSPS) is 30.1. The Hall–Kier alpha value is -0.170. The fourth-order valence-electron chi connectivity index (χ4n) is 3.22. The third-order valence-corrected chi connectivity index (χ3v) is 6.81. The van der Waals surface area contributed by atoms with E-state index in [0.29, 0.717) is 18.4 Å². The van der Waals surface area contributed by atoms with E-state index in [1.807, 2.05) is 6.92 Å². The van der Waals surface area contributed by atoms with Crippen LogP contribution in [0.15, 0.2) is 0 Å². The summed E-state index contributed by atoms with van der Waals surface area (Å²) in [7, 11) is -1.60. The maximum absolute atomic E-state index is 12.3. The van der Waals surface area contributed by atoms with E-state index >= 15 is 0 Å². The van der Waals surface area contributed by atoms with Gasteiger partial charge in [0, 0.05) is 32.2 Å². The van der Waals surface area contributed by atoms with Gasteiger partial charge in [0.2, 0.25) is 0 Å². The largest absolute Gasteiger partial charge is 0.300 e. The second-order valence-corrected chi connectivity index (χ2v) is 8.64. The predicted molar refractivity (Wildman–Crippen MR) is 79.6 cm³/mol. The summed E-state index contributed by atoms with van der Waals surface area (Å²) < 4.78 is 28.9. The highest BCUT2D eigenvalue weighted by Crippen LogP contribution is 2.35. The maximum Gasteiger partial charge on any atom is 0.279 e. The molecule has 1 saturated heterocycles. The third kappa shape index (κ3) is 3.35. The van der Waals surface area contributed by atoms with Crippen LogP contribution in [0.5, 0.6) is 0 Å². The first kappa shape index (κ1) is 14.8. The van der Waals surface area contributed by atoms with Gasteiger partial charge in [0.1, 0.15) is 0 Å².